The maximum atomic E-state index is 11.2. The van der Waals surface area contributed by atoms with Crippen molar-refractivity contribution in [2.24, 2.45) is 5.92 Å². The molecule has 178 valence electrons. The van der Waals surface area contributed by atoms with Crippen molar-refractivity contribution < 1.29 is 9.53 Å². The third kappa shape index (κ3) is 6.88. The molecule has 0 atom stereocenters. The Morgan fingerprint density at radius 2 is 1.76 bits per heavy atom. The van der Waals surface area contributed by atoms with Crippen molar-refractivity contribution in [3.8, 4) is 22.9 Å². The minimum atomic E-state index is 0.0272. The Bertz CT molecular complexity index is 1130. The monoisotopic (exact) mass is 499 g/mol. The van der Waals surface area contributed by atoms with Gasteiger partial charge in [-0.05, 0) is 68.6 Å². The smallest absolute Gasteiger partial charge is 0.220 e. The van der Waals surface area contributed by atoms with Crippen LogP contribution in [0.4, 0.5) is 0 Å². The summed E-state index contributed by atoms with van der Waals surface area (Å²) in [4.78, 5) is 26.7. The summed E-state index contributed by atoms with van der Waals surface area (Å²) < 4.78 is 6.00. The van der Waals surface area contributed by atoms with Crippen LogP contribution in [0.15, 0.2) is 42.7 Å². The van der Waals surface area contributed by atoms with Crippen molar-refractivity contribution in [1.82, 2.24) is 25.2 Å². The van der Waals surface area contributed by atoms with E-state index >= 15 is 0 Å². The van der Waals surface area contributed by atoms with Gasteiger partial charge >= 0.3 is 0 Å². The summed E-state index contributed by atoms with van der Waals surface area (Å²) in [5, 5.41) is 4.03. The number of aryl methyl sites for hydroxylation is 1. The molecular formula is C25H27Cl2N5O2. The van der Waals surface area contributed by atoms with Crippen LogP contribution in [-0.2, 0) is 11.3 Å². The highest BCUT2D eigenvalue weighted by Crippen LogP contribution is 2.30. The summed E-state index contributed by atoms with van der Waals surface area (Å²) in [6.45, 7) is 6.82. The molecule has 3 heterocycles. The van der Waals surface area contributed by atoms with Crippen LogP contribution in [0.2, 0.25) is 10.0 Å². The average Bonchev–Trinajstić information content (AvgIpc) is 2.79. The largest absolute Gasteiger partial charge is 0.436 e. The molecule has 0 spiro atoms. The fourth-order valence-electron chi connectivity index (χ4n) is 4.00. The third-order valence-electron chi connectivity index (χ3n) is 5.75. The van der Waals surface area contributed by atoms with Crippen LogP contribution in [0.3, 0.4) is 0 Å². The number of nitrogens with one attached hydrogen (secondary N) is 1. The van der Waals surface area contributed by atoms with Gasteiger partial charge in [0.2, 0.25) is 11.8 Å². The first-order chi connectivity index (χ1) is 16.3. The van der Waals surface area contributed by atoms with Gasteiger partial charge in [0.1, 0.15) is 5.82 Å². The van der Waals surface area contributed by atoms with Gasteiger partial charge in [-0.25, -0.2) is 15.0 Å². The lowest BCUT2D eigenvalue weighted by Crippen LogP contribution is -2.37. The second-order valence-electron chi connectivity index (χ2n) is 8.58. The number of benzene rings is 1. The lowest BCUT2D eigenvalue weighted by atomic mass is 9.96. The number of carbonyl (C=O) groups is 1. The van der Waals surface area contributed by atoms with Crippen LogP contribution in [0, 0.1) is 12.8 Å². The Morgan fingerprint density at radius 1 is 1.09 bits per heavy atom. The minimum Gasteiger partial charge on any atom is -0.436 e. The Labute approximate surface area is 209 Å². The maximum absolute atomic E-state index is 11.2. The van der Waals surface area contributed by atoms with E-state index in [1.165, 1.54) is 0 Å². The number of ether oxygens (including phenoxy) is 1. The van der Waals surface area contributed by atoms with E-state index < -0.39 is 0 Å². The Morgan fingerprint density at radius 3 is 2.41 bits per heavy atom. The molecule has 1 amide bonds. The number of aromatic nitrogens is 3. The molecule has 1 N–H and O–H groups in total. The van der Waals surface area contributed by atoms with Gasteiger partial charge in [-0.15, -0.1) is 0 Å². The highest BCUT2D eigenvalue weighted by molar-refractivity contribution is 6.35. The number of hydrogen-bond donors (Lipinski definition) is 1. The highest BCUT2D eigenvalue weighted by Gasteiger charge is 2.20. The Kier molecular flexibility index (Phi) is 7.98. The van der Waals surface area contributed by atoms with Crippen LogP contribution in [-0.4, -0.2) is 45.4 Å². The van der Waals surface area contributed by atoms with Crippen molar-refractivity contribution in [2.75, 3.05) is 19.6 Å². The number of rotatable bonds is 7. The number of amides is 1. The molecule has 2 aromatic heterocycles. The second kappa shape index (κ2) is 11.1. The Balaban J connectivity index is 1.54. The van der Waals surface area contributed by atoms with E-state index in [1.807, 2.05) is 31.2 Å². The molecule has 0 saturated carbocycles. The highest BCUT2D eigenvalue weighted by atomic mass is 35.5. The fraction of sp³-hybridized carbons (Fsp3) is 0.360. The summed E-state index contributed by atoms with van der Waals surface area (Å²) in [6, 6.07) is 9.36. The van der Waals surface area contributed by atoms with Crippen molar-refractivity contribution >= 4 is 29.1 Å². The lowest BCUT2D eigenvalue weighted by molar-refractivity contribution is -0.119. The molecule has 0 aliphatic carbocycles. The second-order valence-corrected chi connectivity index (χ2v) is 9.45. The van der Waals surface area contributed by atoms with Crippen LogP contribution in [0.5, 0.6) is 11.6 Å². The number of likely N-dealkylation sites (tertiary alicyclic amines) is 1. The van der Waals surface area contributed by atoms with Gasteiger partial charge in [0, 0.05) is 41.7 Å². The standard InChI is InChI=1S/C25H27Cl2N5O2/c1-16-28-13-23(14-29-16)34-25-8-19(7-24(31-25)20-9-21(26)11-22(27)10-20)15-32-5-3-18(4-6-32)12-30-17(2)33/h7-11,13-14,18H,3-6,12,15H2,1-2H3,(H,30,33). The topological polar surface area (TPSA) is 80.2 Å². The normalized spacial score (nSPS) is 14.7. The van der Waals surface area contributed by atoms with Crippen LogP contribution >= 0.6 is 23.2 Å². The first-order valence-electron chi connectivity index (χ1n) is 11.2. The average molecular weight is 500 g/mol. The quantitative estimate of drug-likeness (QED) is 0.475. The molecular weight excluding hydrogens is 473 g/mol. The van der Waals surface area contributed by atoms with E-state index in [9.17, 15) is 4.79 Å². The van der Waals surface area contributed by atoms with Gasteiger partial charge < -0.3 is 10.1 Å². The fourth-order valence-corrected chi connectivity index (χ4v) is 4.53. The number of nitrogens with zero attached hydrogens (tertiary/aromatic N) is 4. The van der Waals surface area contributed by atoms with E-state index in [1.54, 1.807) is 25.4 Å². The molecule has 1 fully saturated rings. The van der Waals surface area contributed by atoms with Gasteiger partial charge in [0.25, 0.3) is 0 Å². The van der Waals surface area contributed by atoms with Crippen LogP contribution in [0.1, 0.15) is 31.2 Å². The van der Waals surface area contributed by atoms with Gasteiger partial charge in [-0.2, -0.15) is 0 Å². The SMILES string of the molecule is CC(=O)NCC1CCN(Cc2cc(Oc3cnc(C)nc3)nc(-c3cc(Cl)cc(Cl)c3)c2)CC1. The van der Waals surface area contributed by atoms with Gasteiger partial charge in [-0.3, -0.25) is 9.69 Å². The number of pyridine rings is 1. The molecule has 34 heavy (non-hydrogen) atoms. The first-order valence-corrected chi connectivity index (χ1v) is 12.0. The number of piperidine rings is 1. The van der Waals surface area contributed by atoms with E-state index in [0.717, 1.165) is 55.8 Å². The molecule has 7 nitrogen and oxygen atoms in total. The van der Waals surface area contributed by atoms with E-state index in [4.69, 9.17) is 32.9 Å². The van der Waals surface area contributed by atoms with E-state index in [0.29, 0.717) is 33.4 Å². The summed E-state index contributed by atoms with van der Waals surface area (Å²) in [6.07, 6.45) is 5.36. The molecule has 1 aromatic carbocycles. The molecule has 0 radical (unpaired) electrons. The molecule has 1 saturated heterocycles. The minimum absolute atomic E-state index is 0.0272. The number of carbonyl (C=O) groups excluding carboxylic acids is 1. The molecule has 1 aliphatic heterocycles. The molecule has 3 aromatic rings. The molecule has 4 rings (SSSR count). The van der Waals surface area contributed by atoms with Gasteiger partial charge in [0.05, 0.1) is 18.1 Å². The summed E-state index contributed by atoms with van der Waals surface area (Å²) in [5.41, 5.74) is 2.62. The zero-order valence-electron chi connectivity index (χ0n) is 19.2. The predicted molar refractivity (Wildman–Crippen MR) is 133 cm³/mol. The summed E-state index contributed by atoms with van der Waals surface area (Å²) in [7, 11) is 0. The molecule has 0 bridgehead atoms. The lowest BCUT2D eigenvalue weighted by Gasteiger charge is -2.32. The number of halogens is 2. The van der Waals surface area contributed by atoms with Crippen LogP contribution < -0.4 is 10.1 Å². The zero-order valence-corrected chi connectivity index (χ0v) is 20.7. The zero-order chi connectivity index (χ0) is 24.1. The number of hydrogen-bond acceptors (Lipinski definition) is 6. The van der Waals surface area contributed by atoms with Gasteiger partial charge in [0.15, 0.2) is 5.75 Å². The molecule has 1 aliphatic rings. The summed E-state index contributed by atoms with van der Waals surface area (Å²) >= 11 is 12.5. The van der Waals surface area contributed by atoms with Crippen LogP contribution in [0.25, 0.3) is 11.3 Å². The van der Waals surface area contributed by atoms with E-state index in [-0.39, 0.29) is 5.91 Å². The Hall–Kier alpha value is -2.74. The molecule has 0 unspecified atom stereocenters. The van der Waals surface area contributed by atoms with Crippen molar-refractivity contribution in [3.63, 3.8) is 0 Å². The third-order valence-corrected chi connectivity index (χ3v) is 6.19. The van der Waals surface area contributed by atoms with Crippen molar-refractivity contribution in [3.05, 3.63) is 64.2 Å². The summed E-state index contributed by atoms with van der Waals surface area (Å²) in [5.74, 6) is 2.19. The van der Waals surface area contributed by atoms with Crippen molar-refractivity contribution in [1.29, 1.82) is 0 Å². The van der Waals surface area contributed by atoms with Gasteiger partial charge in [-0.1, -0.05) is 23.2 Å². The predicted octanol–water partition coefficient (Wildman–Crippen LogP) is 5.29. The van der Waals surface area contributed by atoms with E-state index in [2.05, 4.69) is 20.2 Å². The first kappa shape index (κ1) is 24.4. The molecule has 9 heteroatoms. The maximum Gasteiger partial charge on any atom is 0.220 e. The van der Waals surface area contributed by atoms with Crippen molar-refractivity contribution in [2.45, 2.75) is 33.2 Å².